The number of aliphatic hydroxyl groups is 6. The normalized spacial score (nSPS) is 22.3. The molecule has 1 aliphatic heterocycles. The molecule has 314 valence electrons. The van der Waals surface area contributed by atoms with Gasteiger partial charge in [-0.3, -0.25) is 9.59 Å². The van der Waals surface area contributed by atoms with E-state index in [2.05, 4.69) is 17.6 Å². The van der Waals surface area contributed by atoms with Crippen LogP contribution in [0.3, 0.4) is 0 Å². The van der Waals surface area contributed by atoms with Crippen molar-refractivity contribution in [1.29, 1.82) is 0 Å². The van der Waals surface area contributed by atoms with Crippen molar-refractivity contribution >= 4 is 11.8 Å². The molecule has 0 aliphatic carbocycles. The van der Waals surface area contributed by atoms with Gasteiger partial charge < -0.3 is 50.7 Å². The van der Waals surface area contributed by atoms with Gasteiger partial charge in [0.2, 0.25) is 11.8 Å². The Balaban J connectivity index is 2.44. The predicted molar refractivity (Wildman–Crippen MR) is 208 cm³/mol. The minimum atomic E-state index is -1.62. The largest absolute Gasteiger partial charge is 0.394 e. The summed E-state index contributed by atoms with van der Waals surface area (Å²) in [4.78, 5) is 24.9. The predicted octanol–water partition coefficient (Wildman–Crippen LogP) is 5.16. The van der Waals surface area contributed by atoms with E-state index in [1.165, 1.54) is 51.4 Å². The third-order valence-corrected chi connectivity index (χ3v) is 10.3. The molecule has 0 bridgehead atoms. The number of carbonyl (C=O) groups is 2. The molecule has 1 saturated heterocycles. The second kappa shape index (κ2) is 29.8. The van der Waals surface area contributed by atoms with E-state index in [0.29, 0.717) is 19.4 Å². The Morgan fingerprint density at radius 1 is 0.698 bits per heavy atom. The van der Waals surface area contributed by atoms with Crippen molar-refractivity contribution in [3.8, 4) is 0 Å². The molecule has 0 unspecified atom stereocenters. The first-order valence-electron chi connectivity index (χ1n) is 21.2. The molecule has 1 rings (SSSR count). The molecule has 0 aromatic rings. The lowest BCUT2D eigenvalue weighted by atomic mass is 9.96. The molecule has 1 aliphatic rings. The minimum absolute atomic E-state index is 0.0851. The van der Waals surface area contributed by atoms with Crippen LogP contribution in [0.25, 0.3) is 0 Å². The number of aliphatic hydroxyl groups excluding tert-OH is 6. The maximum Gasteiger partial charge on any atom is 0.225 e. The number of nitrogens with one attached hydrogen (secondary N) is 2. The molecule has 0 aromatic carbocycles. The van der Waals surface area contributed by atoms with Crippen LogP contribution in [-0.4, -0.2) is 111 Å². The van der Waals surface area contributed by atoms with Gasteiger partial charge in [0.25, 0.3) is 0 Å². The maximum absolute atomic E-state index is 12.9. The molecule has 8 N–H and O–H groups in total. The summed E-state index contributed by atoms with van der Waals surface area (Å²) in [5.41, 5.74) is -0.358. The zero-order chi connectivity index (χ0) is 39.5. The van der Waals surface area contributed by atoms with Gasteiger partial charge in [0.05, 0.1) is 25.4 Å². The van der Waals surface area contributed by atoms with Gasteiger partial charge in [0, 0.05) is 18.4 Å². The smallest absolute Gasteiger partial charge is 0.225 e. The summed E-state index contributed by atoms with van der Waals surface area (Å²) < 4.78 is 11.1. The number of unbranched alkanes of at least 4 members (excludes halogenated alkanes) is 19. The third kappa shape index (κ3) is 22.7. The van der Waals surface area contributed by atoms with E-state index < -0.39 is 55.6 Å². The fourth-order valence-corrected chi connectivity index (χ4v) is 6.66. The van der Waals surface area contributed by atoms with E-state index in [9.17, 15) is 40.2 Å². The van der Waals surface area contributed by atoms with Gasteiger partial charge in [0.1, 0.15) is 30.5 Å². The molecule has 0 aromatic heterocycles. The first-order chi connectivity index (χ1) is 25.3. The number of amides is 2. The molecular weight excluding hydrogens is 680 g/mol. The summed E-state index contributed by atoms with van der Waals surface area (Å²) in [6.45, 7) is 7.75. The summed E-state index contributed by atoms with van der Waals surface area (Å²) >= 11 is 0. The Morgan fingerprint density at radius 3 is 1.70 bits per heavy atom. The SMILES string of the molecule is CCCCCCCCCCCCCC[C@@H](O)[C@@H](O)[C@H](CO[C@H]1O[C@H](CO)[C@H](O)[C@H](O)[C@H]1O)NC(=O)CCCCCCCCCCCNC(=O)C(C)(C)C. The van der Waals surface area contributed by atoms with Crippen molar-refractivity contribution in [3.05, 3.63) is 0 Å². The summed E-state index contributed by atoms with van der Waals surface area (Å²) in [5.74, 6) is -0.204. The molecule has 53 heavy (non-hydrogen) atoms. The molecule has 2 amide bonds. The van der Waals surface area contributed by atoms with Crippen LogP contribution in [0.15, 0.2) is 0 Å². The van der Waals surface area contributed by atoms with Gasteiger partial charge in [0.15, 0.2) is 6.29 Å². The lowest BCUT2D eigenvalue weighted by molar-refractivity contribution is -0.303. The maximum atomic E-state index is 12.9. The van der Waals surface area contributed by atoms with E-state index >= 15 is 0 Å². The van der Waals surface area contributed by atoms with Gasteiger partial charge in [-0.15, -0.1) is 0 Å². The van der Waals surface area contributed by atoms with E-state index in [0.717, 1.165) is 77.0 Å². The Bertz CT molecular complexity index is 918. The Morgan fingerprint density at radius 2 is 1.19 bits per heavy atom. The van der Waals surface area contributed by atoms with E-state index in [-0.39, 0.29) is 30.3 Å². The van der Waals surface area contributed by atoms with Crippen LogP contribution in [0.4, 0.5) is 0 Å². The van der Waals surface area contributed by atoms with Crippen molar-refractivity contribution in [2.75, 3.05) is 19.8 Å². The average Bonchev–Trinajstić information content (AvgIpc) is 3.12. The number of hydrogen-bond acceptors (Lipinski definition) is 10. The van der Waals surface area contributed by atoms with Crippen molar-refractivity contribution < 1.29 is 49.7 Å². The van der Waals surface area contributed by atoms with Crippen LogP contribution in [-0.2, 0) is 19.1 Å². The van der Waals surface area contributed by atoms with Gasteiger partial charge in [-0.2, -0.15) is 0 Å². The average molecular weight is 761 g/mol. The van der Waals surface area contributed by atoms with Crippen molar-refractivity contribution in [2.24, 2.45) is 5.41 Å². The lowest BCUT2D eigenvalue weighted by Gasteiger charge is -2.40. The highest BCUT2D eigenvalue weighted by atomic mass is 16.7. The fourth-order valence-electron chi connectivity index (χ4n) is 6.66. The second-order valence-corrected chi connectivity index (χ2v) is 16.4. The van der Waals surface area contributed by atoms with E-state index in [4.69, 9.17) is 9.47 Å². The first kappa shape index (κ1) is 49.6. The quantitative estimate of drug-likeness (QED) is 0.0424. The van der Waals surface area contributed by atoms with Crippen LogP contribution >= 0.6 is 0 Å². The molecule has 8 atom stereocenters. The van der Waals surface area contributed by atoms with Gasteiger partial charge in [-0.1, -0.05) is 150 Å². The van der Waals surface area contributed by atoms with E-state index in [1.54, 1.807) is 0 Å². The summed E-state index contributed by atoms with van der Waals surface area (Å²) in [7, 11) is 0. The monoisotopic (exact) mass is 761 g/mol. The zero-order valence-electron chi connectivity index (χ0n) is 33.8. The first-order valence-corrected chi connectivity index (χ1v) is 21.2. The Labute approximate surface area is 321 Å². The van der Waals surface area contributed by atoms with Crippen LogP contribution in [0.5, 0.6) is 0 Å². The molecule has 12 nitrogen and oxygen atoms in total. The van der Waals surface area contributed by atoms with Gasteiger partial charge in [-0.25, -0.2) is 0 Å². The van der Waals surface area contributed by atoms with Crippen LogP contribution in [0.1, 0.15) is 175 Å². The highest BCUT2D eigenvalue weighted by molar-refractivity contribution is 5.81. The molecule has 1 heterocycles. The topological polar surface area (TPSA) is 198 Å². The molecule has 0 spiro atoms. The highest BCUT2D eigenvalue weighted by Crippen LogP contribution is 2.23. The highest BCUT2D eigenvalue weighted by Gasteiger charge is 2.44. The number of carbonyl (C=O) groups excluding carboxylic acids is 2. The summed E-state index contributed by atoms with van der Waals surface area (Å²) in [6.07, 6.45) is 14.2. The fraction of sp³-hybridized carbons (Fsp3) is 0.951. The summed E-state index contributed by atoms with van der Waals surface area (Å²) in [6, 6.07) is -1.01. The van der Waals surface area contributed by atoms with Crippen molar-refractivity contribution in [2.45, 2.75) is 224 Å². The second-order valence-electron chi connectivity index (χ2n) is 16.4. The van der Waals surface area contributed by atoms with Crippen molar-refractivity contribution in [1.82, 2.24) is 10.6 Å². The van der Waals surface area contributed by atoms with Crippen LogP contribution < -0.4 is 10.6 Å². The standard InChI is InChI=1S/C41H80N2O10/c1-5-6-7-8-9-10-11-12-14-17-20-23-26-32(45)35(47)31(30-52-39-38(50)37(49)36(48)33(29-44)53-39)43-34(46)27-24-21-18-15-13-16-19-22-25-28-42-40(51)41(2,3)4/h31-33,35-39,44-45,47-50H,5-30H2,1-4H3,(H,42,51)(H,43,46)/t31-,32+,33+,35-,36-,37-,38+,39-/m0/s1. The third-order valence-electron chi connectivity index (χ3n) is 10.3. The number of hydrogen-bond donors (Lipinski definition) is 8. The van der Waals surface area contributed by atoms with Gasteiger partial charge in [-0.05, 0) is 19.3 Å². The molecular formula is C41H80N2O10. The van der Waals surface area contributed by atoms with Crippen LogP contribution in [0, 0.1) is 5.41 Å². The van der Waals surface area contributed by atoms with E-state index in [1.807, 2.05) is 20.8 Å². The molecule has 1 fully saturated rings. The van der Waals surface area contributed by atoms with Gasteiger partial charge >= 0.3 is 0 Å². The van der Waals surface area contributed by atoms with Crippen molar-refractivity contribution in [3.63, 3.8) is 0 Å². The Hall–Kier alpha value is -1.38. The van der Waals surface area contributed by atoms with Crippen LogP contribution in [0.2, 0.25) is 0 Å². The molecule has 12 heteroatoms. The summed E-state index contributed by atoms with van der Waals surface area (Å²) in [5, 5.41) is 67.9. The Kier molecular flexibility index (Phi) is 28.0. The minimum Gasteiger partial charge on any atom is -0.394 e. The lowest BCUT2D eigenvalue weighted by Crippen LogP contribution is -2.60. The zero-order valence-corrected chi connectivity index (χ0v) is 33.8. The number of rotatable bonds is 32. The molecule has 0 saturated carbocycles. The number of ether oxygens (including phenoxy) is 2. The molecule has 0 radical (unpaired) electrons.